The number of halogens is 2. The van der Waals surface area contributed by atoms with E-state index in [0.29, 0.717) is 17.1 Å². The van der Waals surface area contributed by atoms with Crippen molar-refractivity contribution in [3.8, 4) is 0 Å². The first kappa shape index (κ1) is 18.7. The van der Waals surface area contributed by atoms with Gasteiger partial charge in [0.15, 0.2) is 0 Å². The Balaban J connectivity index is 1.66. The molecule has 0 heterocycles. The van der Waals surface area contributed by atoms with Crippen LogP contribution in [0.1, 0.15) is 21.5 Å². The molecule has 25 heavy (non-hydrogen) atoms. The van der Waals surface area contributed by atoms with Crippen LogP contribution in [0.5, 0.6) is 0 Å². The first-order chi connectivity index (χ1) is 12.0. The average molecular weight is 364 g/mol. The molecule has 132 valence electrons. The molecule has 2 aromatic rings. The predicted octanol–water partition coefficient (Wildman–Crippen LogP) is 3.02. The van der Waals surface area contributed by atoms with Crippen molar-refractivity contribution in [1.82, 2.24) is 16.0 Å². The minimum absolute atomic E-state index is 0.239. The van der Waals surface area contributed by atoms with E-state index in [2.05, 4.69) is 16.0 Å². The fraction of sp³-hybridized carbons (Fsp3) is 0.222. The molecule has 0 bridgehead atoms. The van der Waals surface area contributed by atoms with E-state index in [-0.39, 0.29) is 30.6 Å². The Morgan fingerprint density at radius 2 is 1.68 bits per heavy atom. The second-order valence-electron chi connectivity index (χ2n) is 5.46. The van der Waals surface area contributed by atoms with Gasteiger partial charge in [-0.1, -0.05) is 29.8 Å². The average Bonchev–Trinajstić information content (AvgIpc) is 2.60. The molecule has 0 saturated carbocycles. The van der Waals surface area contributed by atoms with Gasteiger partial charge in [0.2, 0.25) is 0 Å². The second-order valence-corrected chi connectivity index (χ2v) is 5.89. The van der Waals surface area contributed by atoms with Gasteiger partial charge in [0.1, 0.15) is 5.82 Å². The number of hydrogen-bond donors (Lipinski definition) is 3. The van der Waals surface area contributed by atoms with Gasteiger partial charge in [0.05, 0.1) is 0 Å². The van der Waals surface area contributed by atoms with Crippen LogP contribution in [-0.2, 0) is 6.54 Å². The molecule has 0 aliphatic rings. The number of amides is 3. The van der Waals surface area contributed by atoms with Crippen molar-refractivity contribution in [2.75, 3.05) is 13.1 Å². The van der Waals surface area contributed by atoms with E-state index in [0.717, 1.165) is 5.56 Å². The van der Waals surface area contributed by atoms with Crippen LogP contribution in [0.25, 0.3) is 0 Å². The SMILES string of the molecule is Cc1ccc(C(=O)NCCNC(=O)NCc2ccc(Cl)cc2)cc1F. The molecule has 2 aromatic carbocycles. The molecule has 5 nitrogen and oxygen atoms in total. The van der Waals surface area contributed by atoms with Crippen molar-refractivity contribution in [1.29, 1.82) is 0 Å². The summed E-state index contributed by atoms with van der Waals surface area (Å²) >= 11 is 5.79. The standard InChI is InChI=1S/C18H19ClFN3O2/c1-12-2-5-14(10-16(12)20)17(24)21-8-9-22-18(25)23-11-13-3-6-15(19)7-4-13/h2-7,10H,8-9,11H2,1H3,(H,21,24)(H2,22,23,25). The van der Waals surface area contributed by atoms with Gasteiger partial charge in [0.25, 0.3) is 5.91 Å². The molecule has 0 saturated heterocycles. The normalized spacial score (nSPS) is 10.2. The highest BCUT2D eigenvalue weighted by atomic mass is 35.5. The summed E-state index contributed by atoms with van der Waals surface area (Å²) in [5.74, 6) is -0.811. The summed E-state index contributed by atoms with van der Waals surface area (Å²) in [6, 6.07) is 11.1. The Kier molecular flexibility index (Phi) is 6.77. The molecular weight excluding hydrogens is 345 g/mol. The Labute approximate surface area is 150 Å². The Hall–Kier alpha value is -2.60. The lowest BCUT2D eigenvalue weighted by atomic mass is 10.1. The van der Waals surface area contributed by atoms with Crippen LogP contribution in [0.3, 0.4) is 0 Å². The van der Waals surface area contributed by atoms with E-state index in [4.69, 9.17) is 11.6 Å². The molecule has 0 atom stereocenters. The van der Waals surface area contributed by atoms with Crippen molar-refractivity contribution in [2.24, 2.45) is 0 Å². The molecular formula is C18H19ClFN3O2. The summed E-state index contributed by atoms with van der Waals surface area (Å²) in [5, 5.41) is 8.58. The van der Waals surface area contributed by atoms with Gasteiger partial charge in [-0.3, -0.25) is 4.79 Å². The maximum Gasteiger partial charge on any atom is 0.315 e. The zero-order chi connectivity index (χ0) is 18.2. The molecule has 0 aliphatic carbocycles. The number of carbonyl (C=O) groups is 2. The first-order valence-electron chi connectivity index (χ1n) is 7.76. The third-order valence-electron chi connectivity index (χ3n) is 3.50. The van der Waals surface area contributed by atoms with Gasteiger partial charge >= 0.3 is 6.03 Å². The van der Waals surface area contributed by atoms with Crippen molar-refractivity contribution < 1.29 is 14.0 Å². The van der Waals surface area contributed by atoms with Crippen LogP contribution in [0.15, 0.2) is 42.5 Å². The number of aryl methyl sites for hydroxylation is 1. The van der Waals surface area contributed by atoms with Crippen molar-refractivity contribution in [3.05, 3.63) is 70.0 Å². The first-order valence-corrected chi connectivity index (χ1v) is 8.14. The van der Waals surface area contributed by atoms with Crippen LogP contribution in [0.4, 0.5) is 9.18 Å². The number of rotatable bonds is 6. The van der Waals surface area contributed by atoms with Gasteiger partial charge in [-0.2, -0.15) is 0 Å². The molecule has 0 fully saturated rings. The summed E-state index contributed by atoms with van der Waals surface area (Å²) in [5.41, 5.74) is 1.65. The van der Waals surface area contributed by atoms with Crippen molar-refractivity contribution >= 4 is 23.5 Å². The van der Waals surface area contributed by atoms with Gasteiger partial charge in [-0.15, -0.1) is 0 Å². The number of urea groups is 1. The number of hydrogen-bond acceptors (Lipinski definition) is 2. The third kappa shape index (κ3) is 6.08. The Bertz CT molecular complexity index is 750. The molecule has 3 N–H and O–H groups in total. The van der Waals surface area contributed by atoms with Gasteiger partial charge in [-0.25, -0.2) is 9.18 Å². The van der Waals surface area contributed by atoms with Crippen LogP contribution in [-0.4, -0.2) is 25.0 Å². The number of carbonyl (C=O) groups excluding carboxylic acids is 2. The lowest BCUT2D eigenvalue weighted by Gasteiger charge is -2.09. The second kappa shape index (κ2) is 9.03. The highest BCUT2D eigenvalue weighted by Gasteiger charge is 2.07. The quantitative estimate of drug-likeness (QED) is 0.690. The highest BCUT2D eigenvalue weighted by molar-refractivity contribution is 6.30. The fourth-order valence-corrected chi connectivity index (χ4v) is 2.16. The maximum atomic E-state index is 13.4. The largest absolute Gasteiger partial charge is 0.350 e. The van der Waals surface area contributed by atoms with Crippen LogP contribution >= 0.6 is 11.6 Å². The number of benzene rings is 2. The summed E-state index contributed by atoms with van der Waals surface area (Å²) in [6.45, 7) is 2.50. The smallest absolute Gasteiger partial charge is 0.315 e. The van der Waals surface area contributed by atoms with E-state index in [1.165, 1.54) is 6.07 Å². The lowest BCUT2D eigenvalue weighted by Crippen LogP contribution is -2.40. The van der Waals surface area contributed by atoms with E-state index in [1.807, 2.05) is 12.1 Å². The van der Waals surface area contributed by atoms with Gasteiger partial charge < -0.3 is 16.0 Å². The fourth-order valence-electron chi connectivity index (χ4n) is 2.04. The zero-order valence-corrected chi connectivity index (χ0v) is 14.5. The Morgan fingerprint density at radius 1 is 1.00 bits per heavy atom. The third-order valence-corrected chi connectivity index (χ3v) is 3.75. The highest BCUT2D eigenvalue weighted by Crippen LogP contribution is 2.09. The molecule has 0 aliphatic heterocycles. The summed E-state index contributed by atoms with van der Waals surface area (Å²) < 4.78 is 13.4. The summed E-state index contributed by atoms with van der Waals surface area (Å²) in [7, 11) is 0. The zero-order valence-electron chi connectivity index (χ0n) is 13.7. The van der Waals surface area contributed by atoms with Gasteiger partial charge in [-0.05, 0) is 42.3 Å². The van der Waals surface area contributed by atoms with E-state index in [9.17, 15) is 14.0 Å². The minimum atomic E-state index is -0.424. The Morgan fingerprint density at radius 3 is 2.36 bits per heavy atom. The van der Waals surface area contributed by atoms with Crippen LogP contribution in [0, 0.1) is 12.7 Å². The molecule has 7 heteroatoms. The van der Waals surface area contributed by atoms with Crippen LogP contribution in [0.2, 0.25) is 5.02 Å². The van der Waals surface area contributed by atoms with Crippen molar-refractivity contribution in [3.63, 3.8) is 0 Å². The predicted molar refractivity (Wildman–Crippen MR) is 95.2 cm³/mol. The molecule has 0 radical (unpaired) electrons. The van der Waals surface area contributed by atoms with E-state index in [1.54, 1.807) is 31.2 Å². The van der Waals surface area contributed by atoms with Crippen molar-refractivity contribution in [2.45, 2.75) is 13.5 Å². The molecule has 0 spiro atoms. The molecule has 2 rings (SSSR count). The number of nitrogens with one attached hydrogen (secondary N) is 3. The van der Waals surface area contributed by atoms with E-state index < -0.39 is 5.82 Å². The molecule has 3 amide bonds. The lowest BCUT2D eigenvalue weighted by molar-refractivity contribution is 0.0953. The minimum Gasteiger partial charge on any atom is -0.350 e. The maximum absolute atomic E-state index is 13.4. The summed E-state index contributed by atoms with van der Waals surface area (Å²) in [4.78, 5) is 23.5. The molecule has 0 unspecified atom stereocenters. The van der Waals surface area contributed by atoms with Gasteiger partial charge in [0, 0.05) is 30.2 Å². The summed E-state index contributed by atoms with van der Waals surface area (Å²) in [6.07, 6.45) is 0. The topological polar surface area (TPSA) is 70.2 Å². The molecule has 0 aromatic heterocycles. The van der Waals surface area contributed by atoms with E-state index >= 15 is 0 Å². The van der Waals surface area contributed by atoms with Crippen LogP contribution < -0.4 is 16.0 Å². The monoisotopic (exact) mass is 363 g/mol.